The van der Waals surface area contributed by atoms with Crippen LogP contribution in [-0.4, -0.2) is 37.4 Å². The highest BCUT2D eigenvalue weighted by molar-refractivity contribution is 5.73. The number of aliphatic hydroxyl groups is 1. The number of likely N-dealkylation sites (N-methyl/N-ethyl adjacent to an activating group) is 1. The molecule has 0 aromatic heterocycles. The van der Waals surface area contributed by atoms with Crippen LogP contribution < -0.4 is 9.80 Å². The molecule has 92 valence electrons. The van der Waals surface area contributed by atoms with Gasteiger partial charge in [0.15, 0.2) is 0 Å². The Balaban J connectivity index is 1.95. The Labute approximate surface area is 103 Å². The molecule has 2 unspecified atom stereocenters. The fourth-order valence-electron chi connectivity index (χ4n) is 3.16. The summed E-state index contributed by atoms with van der Waals surface area (Å²) in [6.07, 6.45) is 3.09. The Hall–Kier alpha value is -1.22. The third kappa shape index (κ3) is 1.78. The van der Waals surface area contributed by atoms with Crippen LogP contribution in [0.2, 0.25) is 0 Å². The van der Waals surface area contributed by atoms with Crippen molar-refractivity contribution in [2.24, 2.45) is 0 Å². The monoisotopic (exact) mass is 232 g/mol. The number of aliphatic hydroxyl groups excluding tert-OH is 1. The first-order chi connectivity index (χ1) is 8.27. The summed E-state index contributed by atoms with van der Waals surface area (Å²) in [4.78, 5) is 4.71. The Morgan fingerprint density at radius 3 is 2.59 bits per heavy atom. The van der Waals surface area contributed by atoms with E-state index in [1.165, 1.54) is 11.4 Å². The number of hydrogen-bond donors (Lipinski definition) is 1. The standard InChI is InChI=1S/C14H20N2O/c1-15-9-10-16(13-7-4-8-14(13)17)12-6-3-2-5-11(12)15/h2-3,5-6,13-14,17H,4,7-10H2,1H3. The van der Waals surface area contributed by atoms with Crippen LogP contribution in [0.4, 0.5) is 11.4 Å². The molecule has 0 bridgehead atoms. The van der Waals surface area contributed by atoms with E-state index in [9.17, 15) is 5.11 Å². The van der Waals surface area contributed by atoms with Crippen LogP contribution in [0.15, 0.2) is 24.3 Å². The van der Waals surface area contributed by atoms with E-state index in [0.717, 1.165) is 32.4 Å². The fraction of sp³-hybridized carbons (Fsp3) is 0.571. The minimum atomic E-state index is -0.147. The second-order valence-corrected chi connectivity index (χ2v) is 5.17. The van der Waals surface area contributed by atoms with Gasteiger partial charge in [-0.05, 0) is 31.4 Å². The zero-order valence-electron chi connectivity index (χ0n) is 10.3. The van der Waals surface area contributed by atoms with Crippen molar-refractivity contribution in [3.63, 3.8) is 0 Å². The lowest BCUT2D eigenvalue weighted by Crippen LogP contribution is -2.47. The molecule has 1 fully saturated rings. The minimum Gasteiger partial charge on any atom is -0.391 e. The van der Waals surface area contributed by atoms with E-state index >= 15 is 0 Å². The Morgan fingerprint density at radius 2 is 1.88 bits per heavy atom. The number of fused-ring (bicyclic) bond motifs is 1. The van der Waals surface area contributed by atoms with E-state index in [0.29, 0.717) is 6.04 Å². The molecule has 1 N–H and O–H groups in total. The van der Waals surface area contributed by atoms with Gasteiger partial charge in [-0.15, -0.1) is 0 Å². The summed E-state index contributed by atoms with van der Waals surface area (Å²) >= 11 is 0. The lowest BCUT2D eigenvalue weighted by atomic mass is 10.1. The predicted octanol–water partition coefficient (Wildman–Crippen LogP) is 1.86. The van der Waals surface area contributed by atoms with Gasteiger partial charge in [0.05, 0.1) is 23.5 Å². The lowest BCUT2D eigenvalue weighted by molar-refractivity contribution is 0.160. The molecule has 1 heterocycles. The largest absolute Gasteiger partial charge is 0.391 e. The van der Waals surface area contributed by atoms with Gasteiger partial charge in [0.1, 0.15) is 0 Å². The average Bonchev–Trinajstić information content (AvgIpc) is 2.77. The summed E-state index contributed by atoms with van der Waals surface area (Å²) in [5.41, 5.74) is 2.57. The van der Waals surface area contributed by atoms with Crippen molar-refractivity contribution in [2.75, 3.05) is 29.9 Å². The summed E-state index contributed by atoms with van der Waals surface area (Å²) in [5, 5.41) is 10.1. The maximum Gasteiger partial charge on any atom is 0.0743 e. The molecule has 0 saturated heterocycles. The van der Waals surface area contributed by atoms with Crippen LogP contribution >= 0.6 is 0 Å². The van der Waals surface area contributed by atoms with Crippen LogP contribution in [0, 0.1) is 0 Å². The highest BCUT2D eigenvalue weighted by atomic mass is 16.3. The molecule has 0 radical (unpaired) electrons. The van der Waals surface area contributed by atoms with Crippen molar-refractivity contribution >= 4 is 11.4 Å². The number of para-hydroxylation sites is 2. The minimum absolute atomic E-state index is 0.147. The number of anilines is 2. The summed E-state index contributed by atoms with van der Waals surface area (Å²) in [7, 11) is 2.14. The van der Waals surface area contributed by atoms with Crippen molar-refractivity contribution in [1.82, 2.24) is 0 Å². The molecule has 2 aliphatic rings. The number of nitrogens with zero attached hydrogens (tertiary/aromatic N) is 2. The SMILES string of the molecule is CN1CCN(C2CCCC2O)c2ccccc21. The zero-order chi connectivity index (χ0) is 11.8. The molecular formula is C14H20N2O. The maximum absolute atomic E-state index is 10.1. The number of hydrogen-bond acceptors (Lipinski definition) is 3. The van der Waals surface area contributed by atoms with E-state index in [2.05, 4.69) is 41.1 Å². The molecule has 3 nitrogen and oxygen atoms in total. The Kier molecular flexibility index (Phi) is 2.71. The lowest BCUT2D eigenvalue weighted by Gasteiger charge is -2.41. The topological polar surface area (TPSA) is 26.7 Å². The van der Waals surface area contributed by atoms with Crippen molar-refractivity contribution in [3.05, 3.63) is 24.3 Å². The third-order valence-corrected chi connectivity index (χ3v) is 4.12. The molecule has 3 heteroatoms. The molecule has 0 amide bonds. The van der Waals surface area contributed by atoms with Gasteiger partial charge in [0.25, 0.3) is 0 Å². The number of rotatable bonds is 1. The van der Waals surface area contributed by atoms with Crippen LogP contribution in [-0.2, 0) is 0 Å². The Morgan fingerprint density at radius 1 is 1.12 bits per heavy atom. The van der Waals surface area contributed by atoms with Crippen molar-refractivity contribution in [2.45, 2.75) is 31.4 Å². The molecule has 1 saturated carbocycles. The highest BCUT2D eigenvalue weighted by Gasteiger charge is 2.33. The molecule has 1 aromatic rings. The second-order valence-electron chi connectivity index (χ2n) is 5.17. The van der Waals surface area contributed by atoms with Gasteiger partial charge in [0.2, 0.25) is 0 Å². The van der Waals surface area contributed by atoms with Gasteiger partial charge in [-0.3, -0.25) is 0 Å². The van der Waals surface area contributed by atoms with E-state index in [-0.39, 0.29) is 6.10 Å². The second kappa shape index (κ2) is 4.22. The molecule has 2 atom stereocenters. The van der Waals surface area contributed by atoms with Gasteiger partial charge in [-0.1, -0.05) is 12.1 Å². The first-order valence-corrected chi connectivity index (χ1v) is 6.52. The fourth-order valence-corrected chi connectivity index (χ4v) is 3.16. The summed E-state index contributed by atoms with van der Waals surface area (Å²) < 4.78 is 0. The molecular weight excluding hydrogens is 212 g/mol. The molecule has 1 aliphatic heterocycles. The van der Waals surface area contributed by atoms with E-state index < -0.39 is 0 Å². The van der Waals surface area contributed by atoms with Crippen molar-refractivity contribution in [1.29, 1.82) is 0 Å². The number of benzene rings is 1. The first-order valence-electron chi connectivity index (χ1n) is 6.52. The maximum atomic E-state index is 10.1. The van der Waals surface area contributed by atoms with Crippen LogP contribution in [0.25, 0.3) is 0 Å². The van der Waals surface area contributed by atoms with Crippen LogP contribution in [0.5, 0.6) is 0 Å². The smallest absolute Gasteiger partial charge is 0.0743 e. The van der Waals surface area contributed by atoms with E-state index in [1.807, 2.05) is 0 Å². The van der Waals surface area contributed by atoms with Crippen LogP contribution in [0.1, 0.15) is 19.3 Å². The summed E-state index contributed by atoms with van der Waals surface area (Å²) in [6.45, 7) is 2.06. The summed E-state index contributed by atoms with van der Waals surface area (Å²) in [6, 6.07) is 8.85. The molecule has 1 aliphatic carbocycles. The van der Waals surface area contributed by atoms with E-state index in [4.69, 9.17) is 0 Å². The quantitative estimate of drug-likeness (QED) is 0.800. The van der Waals surface area contributed by atoms with Gasteiger partial charge < -0.3 is 14.9 Å². The van der Waals surface area contributed by atoms with Crippen molar-refractivity contribution in [3.8, 4) is 0 Å². The summed E-state index contributed by atoms with van der Waals surface area (Å²) in [5.74, 6) is 0. The highest BCUT2D eigenvalue weighted by Crippen LogP contribution is 2.36. The molecule has 17 heavy (non-hydrogen) atoms. The molecule has 3 rings (SSSR count). The van der Waals surface area contributed by atoms with Gasteiger partial charge in [0, 0.05) is 20.1 Å². The zero-order valence-corrected chi connectivity index (χ0v) is 10.3. The van der Waals surface area contributed by atoms with Gasteiger partial charge >= 0.3 is 0 Å². The van der Waals surface area contributed by atoms with Gasteiger partial charge in [-0.2, -0.15) is 0 Å². The predicted molar refractivity (Wildman–Crippen MR) is 70.7 cm³/mol. The average molecular weight is 232 g/mol. The third-order valence-electron chi connectivity index (χ3n) is 4.12. The molecule has 1 aromatic carbocycles. The normalized spacial score (nSPS) is 28.4. The Bertz CT molecular complexity index is 407. The van der Waals surface area contributed by atoms with E-state index in [1.54, 1.807) is 0 Å². The molecule has 0 spiro atoms. The van der Waals surface area contributed by atoms with Gasteiger partial charge in [-0.25, -0.2) is 0 Å². The first kappa shape index (κ1) is 10.9. The van der Waals surface area contributed by atoms with Crippen LogP contribution in [0.3, 0.4) is 0 Å². The van der Waals surface area contributed by atoms with Crippen molar-refractivity contribution < 1.29 is 5.11 Å².